The molecule has 2 fully saturated rings. The first-order chi connectivity index (χ1) is 6.99. The van der Waals surface area contributed by atoms with Gasteiger partial charge in [-0.05, 0) is 12.8 Å². The van der Waals surface area contributed by atoms with Crippen molar-refractivity contribution in [3.63, 3.8) is 0 Å². The van der Waals surface area contributed by atoms with Crippen molar-refractivity contribution in [1.82, 2.24) is 5.32 Å². The summed E-state index contributed by atoms with van der Waals surface area (Å²) in [4.78, 5) is 11.4. The molecule has 1 saturated carbocycles. The number of methoxy groups -OCH3 is 1. The minimum absolute atomic E-state index is 0.109. The lowest BCUT2D eigenvalue weighted by Crippen LogP contribution is -2.67. The van der Waals surface area contributed by atoms with Gasteiger partial charge in [-0.2, -0.15) is 0 Å². The van der Waals surface area contributed by atoms with Gasteiger partial charge in [0.15, 0.2) is 0 Å². The minimum Gasteiger partial charge on any atom is -0.468 e. The normalized spacial score (nSPS) is 32.1. The number of halogens is 2. The summed E-state index contributed by atoms with van der Waals surface area (Å²) < 4.78 is 30.6. The number of carbonyl (C=O) groups is 1. The van der Waals surface area contributed by atoms with E-state index in [1.807, 2.05) is 0 Å². The smallest absolute Gasteiger partial charge is 0.323 e. The van der Waals surface area contributed by atoms with Gasteiger partial charge in [-0.3, -0.25) is 4.79 Å². The van der Waals surface area contributed by atoms with Gasteiger partial charge in [0, 0.05) is 24.8 Å². The lowest BCUT2D eigenvalue weighted by atomic mass is 9.63. The maximum absolute atomic E-state index is 13.0. The van der Waals surface area contributed by atoms with Crippen LogP contribution in [0.1, 0.15) is 25.7 Å². The average molecular weight is 219 g/mol. The monoisotopic (exact) mass is 219 g/mol. The van der Waals surface area contributed by atoms with Crippen LogP contribution in [0, 0.1) is 5.41 Å². The third-order valence-electron chi connectivity index (χ3n) is 3.68. The number of carbonyl (C=O) groups excluding carboxylic acids is 1. The summed E-state index contributed by atoms with van der Waals surface area (Å²) in [6, 6.07) is -0.376. The molecule has 0 unspecified atom stereocenters. The molecule has 2 rings (SSSR count). The van der Waals surface area contributed by atoms with E-state index in [0.717, 1.165) is 0 Å². The first kappa shape index (κ1) is 10.8. The summed E-state index contributed by atoms with van der Waals surface area (Å²) in [5.41, 5.74) is -0.269. The van der Waals surface area contributed by atoms with Crippen molar-refractivity contribution in [3.8, 4) is 0 Å². The highest BCUT2D eigenvalue weighted by Gasteiger charge is 2.55. The van der Waals surface area contributed by atoms with E-state index in [1.165, 1.54) is 7.11 Å². The molecule has 0 radical (unpaired) electrons. The van der Waals surface area contributed by atoms with Crippen molar-refractivity contribution in [2.45, 2.75) is 37.6 Å². The van der Waals surface area contributed by atoms with Crippen LogP contribution in [0.3, 0.4) is 0 Å². The number of ether oxygens (including phenoxy) is 1. The summed E-state index contributed by atoms with van der Waals surface area (Å²) in [6.07, 6.45) is 0.601. The Kier molecular flexibility index (Phi) is 2.45. The van der Waals surface area contributed by atoms with Crippen molar-refractivity contribution in [2.75, 3.05) is 13.7 Å². The molecule has 5 heteroatoms. The molecule has 15 heavy (non-hydrogen) atoms. The molecule has 3 nitrogen and oxygen atoms in total. The topological polar surface area (TPSA) is 38.3 Å². The molecular weight excluding hydrogens is 204 g/mol. The zero-order valence-corrected chi connectivity index (χ0v) is 8.69. The predicted molar refractivity (Wildman–Crippen MR) is 49.7 cm³/mol. The fourth-order valence-electron chi connectivity index (χ4n) is 2.52. The second-order valence-electron chi connectivity index (χ2n) is 4.56. The van der Waals surface area contributed by atoms with Gasteiger partial charge in [-0.15, -0.1) is 0 Å². The molecule has 86 valence electrons. The molecule has 1 heterocycles. The summed E-state index contributed by atoms with van der Waals surface area (Å²) in [5, 5.41) is 2.96. The fraction of sp³-hybridized carbons (Fsp3) is 0.900. The van der Waals surface area contributed by atoms with E-state index in [-0.39, 0.29) is 30.3 Å². The largest absolute Gasteiger partial charge is 0.468 e. The molecule has 0 bridgehead atoms. The molecule has 0 aromatic carbocycles. The van der Waals surface area contributed by atoms with Crippen LogP contribution in [0.25, 0.3) is 0 Å². The van der Waals surface area contributed by atoms with E-state index in [4.69, 9.17) is 0 Å². The van der Waals surface area contributed by atoms with Gasteiger partial charge >= 0.3 is 5.97 Å². The Morgan fingerprint density at radius 2 is 1.93 bits per heavy atom. The van der Waals surface area contributed by atoms with Crippen LogP contribution in [0.2, 0.25) is 0 Å². The van der Waals surface area contributed by atoms with Gasteiger partial charge in [-0.25, -0.2) is 8.78 Å². The van der Waals surface area contributed by atoms with E-state index in [1.54, 1.807) is 0 Å². The van der Waals surface area contributed by atoms with Crippen LogP contribution in [-0.2, 0) is 9.53 Å². The predicted octanol–water partition coefficient (Wildman–Crippen LogP) is 1.33. The summed E-state index contributed by atoms with van der Waals surface area (Å²) in [7, 11) is 1.33. The van der Waals surface area contributed by atoms with Gasteiger partial charge in [0.25, 0.3) is 0 Å². The fourth-order valence-corrected chi connectivity index (χ4v) is 2.52. The van der Waals surface area contributed by atoms with Crippen LogP contribution in [0.5, 0.6) is 0 Å². The van der Waals surface area contributed by atoms with Crippen LogP contribution in [0.4, 0.5) is 8.78 Å². The quantitative estimate of drug-likeness (QED) is 0.676. The second kappa shape index (κ2) is 3.40. The highest BCUT2D eigenvalue weighted by molar-refractivity contribution is 5.78. The molecule has 1 N–H and O–H groups in total. The number of rotatable bonds is 1. The number of nitrogens with one attached hydrogen (secondary N) is 1. The number of esters is 1. The highest BCUT2D eigenvalue weighted by atomic mass is 19.3. The molecule has 2 aliphatic rings. The first-order valence-corrected chi connectivity index (χ1v) is 5.18. The molecule has 0 aromatic rings. The zero-order valence-electron chi connectivity index (χ0n) is 8.69. The van der Waals surface area contributed by atoms with Crippen molar-refractivity contribution in [3.05, 3.63) is 0 Å². The summed E-state index contributed by atoms with van der Waals surface area (Å²) in [5.74, 6) is -2.87. The Bertz CT molecular complexity index is 271. The van der Waals surface area contributed by atoms with E-state index in [0.29, 0.717) is 19.4 Å². The van der Waals surface area contributed by atoms with E-state index in [9.17, 15) is 13.6 Å². The van der Waals surface area contributed by atoms with Crippen molar-refractivity contribution >= 4 is 5.97 Å². The highest BCUT2D eigenvalue weighted by Crippen LogP contribution is 2.48. The molecule has 0 aromatic heterocycles. The molecular formula is C10H15F2NO2. The Morgan fingerprint density at radius 3 is 2.33 bits per heavy atom. The van der Waals surface area contributed by atoms with Crippen molar-refractivity contribution < 1.29 is 18.3 Å². The van der Waals surface area contributed by atoms with Crippen LogP contribution in [-0.4, -0.2) is 31.6 Å². The van der Waals surface area contributed by atoms with Crippen LogP contribution < -0.4 is 5.32 Å². The molecule has 1 spiro atoms. The first-order valence-electron chi connectivity index (χ1n) is 5.18. The van der Waals surface area contributed by atoms with Crippen LogP contribution >= 0.6 is 0 Å². The summed E-state index contributed by atoms with van der Waals surface area (Å²) in [6.45, 7) is 0.656. The third-order valence-corrected chi connectivity index (χ3v) is 3.68. The van der Waals surface area contributed by atoms with E-state index in [2.05, 4.69) is 10.1 Å². The lowest BCUT2D eigenvalue weighted by molar-refractivity contribution is -0.159. The number of hydrogen-bond acceptors (Lipinski definition) is 3. The maximum atomic E-state index is 13.0. The van der Waals surface area contributed by atoms with Gasteiger partial charge in [0.05, 0.1) is 7.11 Å². The Balaban J connectivity index is 2.01. The zero-order chi connectivity index (χ0) is 11.1. The molecule has 1 atom stereocenters. The number of alkyl halides is 2. The van der Waals surface area contributed by atoms with Crippen molar-refractivity contribution in [1.29, 1.82) is 0 Å². The van der Waals surface area contributed by atoms with Gasteiger partial charge in [-0.1, -0.05) is 0 Å². The summed E-state index contributed by atoms with van der Waals surface area (Å²) >= 11 is 0. The van der Waals surface area contributed by atoms with Gasteiger partial charge in [0.2, 0.25) is 5.92 Å². The maximum Gasteiger partial charge on any atom is 0.323 e. The SMILES string of the molecule is COC(=O)[C@H]1NCC12CCC(F)(F)CC2. The van der Waals surface area contributed by atoms with E-state index < -0.39 is 5.92 Å². The van der Waals surface area contributed by atoms with Crippen molar-refractivity contribution in [2.24, 2.45) is 5.41 Å². The van der Waals surface area contributed by atoms with Gasteiger partial charge < -0.3 is 10.1 Å². The standard InChI is InChI=1S/C10H15F2NO2/c1-15-8(14)7-9(6-13-7)2-4-10(11,12)5-3-9/h7,13H,2-6H2,1H3/t7-/m1/s1. The molecule has 0 amide bonds. The van der Waals surface area contributed by atoms with E-state index >= 15 is 0 Å². The Hall–Kier alpha value is -0.710. The van der Waals surface area contributed by atoms with Gasteiger partial charge in [0.1, 0.15) is 6.04 Å². The molecule has 1 aliphatic carbocycles. The Morgan fingerprint density at radius 1 is 1.33 bits per heavy atom. The average Bonchev–Trinajstić information content (AvgIpc) is 2.16. The molecule has 1 saturated heterocycles. The lowest BCUT2D eigenvalue weighted by Gasteiger charge is -2.52. The number of hydrogen-bond donors (Lipinski definition) is 1. The molecule has 1 aliphatic heterocycles. The second-order valence-corrected chi connectivity index (χ2v) is 4.56. The van der Waals surface area contributed by atoms with Crippen LogP contribution in [0.15, 0.2) is 0 Å². The minimum atomic E-state index is -2.54. The Labute approximate surface area is 87.2 Å². The third kappa shape index (κ3) is 1.73.